The van der Waals surface area contributed by atoms with Crippen LogP contribution in [0.4, 0.5) is 17.1 Å². The van der Waals surface area contributed by atoms with Gasteiger partial charge in [0, 0.05) is 67.3 Å². The lowest BCUT2D eigenvalue weighted by atomic mass is 10.1. The molecular formula is C50H34N4. The summed E-state index contributed by atoms with van der Waals surface area (Å²) in [6.07, 6.45) is 2.18. The van der Waals surface area contributed by atoms with Crippen LogP contribution in [0.5, 0.6) is 0 Å². The molecular weight excluding hydrogens is 657 g/mol. The standard InChI is InChI=1S/C50H34N4/c1-4-15-36(16-5-1)51-30-29-35-31-44-42-23-10-13-26-47(42)54(50(44)34-49(35)51)40-22-14-21-39(32-40)52(37-17-6-2-7-18-37)41-27-28-48-45(33-41)43-24-11-12-25-46(43)53(48)38-19-8-3-9-20-38/h1-34H. The van der Waals surface area contributed by atoms with Crippen LogP contribution in [0.25, 0.3) is 71.6 Å². The largest absolute Gasteiger partial charge is 0.316 e. The van der Waals surface area contributed by atoms with Crippen molar-refractivity contribution in [2.24, 2.45) is 0 Å². The SMILES string of the molecule is c1ccc(N(c2cccc(-n3c4ccccc4c4cc5ccn(-c6ccccc6)c5cc43)c2)c2ccc3c(c2)c2ccccc2n3-c2ccccc2)cc1. The third-order valence-corrected chi connectivity index (χ3v) is 10.8. The molecule has 11 rings (SSSR count). The van der Waals surface area contributed by atoms with Crippen LogP contribution in [-0.2, 0) is 0 Å². The minimum absolute atomic E-state index is 1.09. The minimum atomic E-state index is 1.09. The van der Waals surface area contributed by atoms with E-state index in [1.54, 1.807) is 0 Å². The number of benzene rings is 8. The van der Waals surface area contributed by atoms with Crippen LogP contribution in [0.1, 0.15) is 0 Å². The monoisotopic (exact) mass is 690 g/mol. The molecule has 0 aliphatic carbocycles. The van der Waals surface area contributed by atoms with Gasteiger partial charge in [0.05, 0.1) is 27.6 Å². The molecule has 3 aromatic heterocycles. The lowest BCUT2D eigenvalue weighted by Crippen LogP contribution is -2.10. The summed E-state index contributed by atoms with van der Waals surface area (Å²) in [5.74, 6) is 0. The molecule has 0 radical (unpaired) electrons. The summed E-state index contributed by atoms with van der Waals surface area (Å²) in [5.41, 5.74) is 12.6. The van der Waals surface area contributed by atoms with Crippen LogP contribution in [-0.4, -0.2) is 13.7 Å². The molecule has 4 nitrogen and oxygen atoms in total. The molecule has 254 valence electrons. The molecule has 0 aliphatic heterocycles. The zero-order valence-corrected chi connectivity index (χ0v) is 29.4. The predicted molar refractivity (Wildman–Crippen MR) is 227 cm³/mol. The summed E-state index contributed by atoms with van der Waals surface area (Å²) in [4.78, 5) is 2.38. The maximum absolute atomic E-state index is 2.43. The van der Waals surface area contributed by atoms with E-state index in [0.29, 0.717) is 0 Å². The van der Waals surface area contributed by atoms with Crippen molar-refractivity contribution < 1.29 is 0 Å². The van der Waals surface area contributed by atoms with Crippen molar-refractivity contribution in [3.63, 3.8) is 0 Å². The number of rotatable bonds is 6. The lowest BCUT2D eigenvalue weighted by Gasteiger charge is -2.26. The average Bonchev–Trinajstić information content (AvgIpc) is 3.91. The summed E-state index contributed by atoms with van der Waals surface area (Å²) in [6, 6.07) is 72.2. The number of para-hydroxylation sites is 5. The summed E-state index contributed by atoms with van der Waals surface area (Å²) >= 11 is 0. The van der Waals surface area contributed by atoms with Gasteiger partial charge in [0.1, 0.15) is 0 Å². The first-order valence-electron chi connectivity index (χ1n) is 18.4. The molecule has 0 saturated heterocycles. The van der Waals surface area contributed by atoms with Crippen molar-refractivity contribution in [3.8, 4) is 17.1 Å². The number of hydrogen-bond donors (Lipinski definition) is 0. The van der Waals surface area contributed by atoms with E-state index < -0.39 is 0 Å². The fourth-order valence-corrected chi connectivity index (χ4v) is 8.44. The number of hydrogen-bond acceptors (Lipinski definition) is 1. The highest BCUT2D eigenvalue weighted by molar-refractivity contribution is 6.14. The molecule has 0 N–H and O–H groups in total. The van der Waals surface area contributed by atoms with Crippen molar-refractivity contribution in [1.29, 1.82) is 0 Å². The molecule has 0 aliphatic rings. The average molecular weight is 691 g/mol. The first-order chi connectivity index (χ1) is 26.8. The second kappa shape index (κ2) is 12.1. The zero-order valence-electron chi connectivity index (χ0n) is 29.4. The third-order valence-electron chi connectivity index (χ3n) is 10.8. The Bertz CT molecular complexity index is 3150. The zero-order chi connectivity index (χ0) is 35.6. The Morgan fingerprint density at radius 3 is 1.56 bits per heavy atom. The molecule has 0 bridgehead atoms. The molecule has 11 aromatic rings. The first-order valence-corrected chi connectivity index (χ1v) is 18.4. The van der Waals surface area contributed by atoms with E-state index in [2.05, 4.69) is 225 Å². The van der Waals surface area contributed by atoms with Gasteiger partial charge in [0.25, 0.3) is 0 Å². The van der Waals surface area contributed by atoms with Gasteiger partial charge < -0.3 is 18.6 Å². The van der Waals surface area contributed by atoms with E-state index in [1.807, 2.05) is 0 Å². The van der Waals surface area contributed by atoms with Gasteiger partial charge in [-0.05, 0) is 103 Å². The molecule has 0 atom stereocenters. The molecule has 0 unspecified atom stereocenters. The smallest absolute Gasteiger partial charge is 0.0562 e. The number of aromatic nitrogens is 3. The second-order valence-corrected chi connectivity index (χ2v) is 13.9. The Morgan fingerprint density at radius 1 is 0.296 bits per heavy atom. The summed E-state index contributed by atoms with van der Waals surface area (Å²) in [5, 5.41) is 6.16. The van der Waals surface area contributed by atoms with E-state index >= 15 is 0 Å². The van der Waals surface area contributed by atoms with Crippen molar-refractivity contribution in [2.45, 2.75) is 0 Å². The predicted octanol–water partition coefficient (Wildman–Crippen LogP) is 13.3. The summed E-state index contributed by atoms with van der Waals surface area (Å²) in [6.45, 7) is 0. The Kier molecular flexibility index (Phi) is 6.82. The van der Waals surface area contributed by atoms with Crippen molar-refractivity contribution >= 4 is 71.6 Å². The maximum Gasteiger partial charge on any atom is 0.0562 e. The molecule has 8 aromatic carbocycles. The Morgan fingerprint density at radius 2 is 0.833 bits per heavy atom. The van der Waals surface area contributed by atoms with E-state index in [-0.39, 0.29) is 0 Å². The lowest BCUT2D eigenvalue weighted by molar-refractivity contribution is 1.12. The Hall–Kier alpha value is -7.30. The van der Waals surface area contributed by atoms with Crippen LogP contribution >= 0.6 is 0 Å². The quantitative estimate of drug-likeness (QED) is 0.170. The van der Waals surface area contributed by atoms with Gasteiger partial charge in [0.15, 0.2) is 0 Å². The van der Waals surface area contributed by atoms with Gasteiger partial charge in [-0.25, -0.2) is 0 Å². The first kappa shape index (κ1) is 30.3. The minimum Gasteiger partial charge on any atom is -0.316 e. The van der Waals surface area contributed by atoms with E-state index in [4.69, 9.17) is 0 Å². The van der Waals surface area contributed by atoms with Crippen LogP contribution in [0.3, 0.4) is 0 Å². The van der Waals surface area contributed by atoms with Crippen molar-refractivity contribution in [1.82, 2.24) is 13.7 Å². The van der Waals surface area contributed by atoms with Crippen LogP contribution in [0.15, 0.2) is 206 Å². The van der Waals surface area contributed by atoms with Gasteiger partial charge in [-0.15, -0.1) is 0 Å². The topological polar surface area (TPSA) is 18.0 Å². The highest BCUT2D eigenvalue weighted by Crippen LogP contribution is 2.41. The summed E-state index contributed by atoms with van der Waals surface area (Å²) in [7, 11) is 0. The number of fused-ring (bicyclic) bond motifs is 7. The molecule has 4 heteroatoms. The second-order valence-electron chi connectivity index (χ2n) is 13.9. The maximum atomic E-state index is 2.43. The van der Waals surface area contributed by atoms with E-state index in [9.17, 15) is 0 Å². The number of anilines is 3. The van der Waals surface area contributed by atoms with E-state index in [1.165, 1.54) is 54.5 Å². The van der Waals surface area contributed by atoms with Gasteiger partial charge >= 0.3 is 0 Å². The fourth-order valence-electron chi connectivity index (χ4n) is 8.44. The van der Waals surface area contributed by atoms with Crippen molar-refractivity contribution in [3.05, 3.63) is 206 Å². The Balaban J connectivity index is 1.12. The fraction of sp³-hybridized carbons (Fsp3) is 0. The van der Waals surface area contributed by atoms with E-state index in [0.717, 1.165) is 34.1 Å². The van der Waals surface area contributed by atoms with Gasteiger partial charge in [-0.3, -0.25) is 0 Å². The highest BCUT2D eigenvalue weighted by atomic mass is 15.1. The van der Waals surface area contributed by atoms with Crippen LogP contribution in [0, 0.1) is 0 Å². The normalized spacial score (nSPS) is 11.7. The number of nitrogens with zero attached hydrogens (tertiary/aromatic N) is 4. The third kappa shape index (κ3) is 4.70. The molecule has 3 heterocycles. The van der Waals surface area contributed by atoms with Gasteiger partial charge in [0.2, 0.25) is 0 Å². The van der Waals surface area contributed by atoms with Crippen molar-refractivity contribution in [2.75, 3.05) is 4.90 Å². The van der Waals surface area contributed by atoms with Crippen LogP contribution < -0.4 is 4.90 Å². The molecule has 54 heavy (non-hydrogen) atoms. The molecule has 0 spiro atoms. The van der Waals surface area contributed by atoms with Gasteiger partial charge in [-0.2, -0.15) is 0 Å². The summed E-state index contributed by atoms with van der Waals surface area (Å²) < 4.78 is 7.08. The highest BCUT2D eigenvalue weighted by Gasteiger charge is 2.20. The van der Waals surface area contributed by atoms with Gasteiger partial charge in [-0.1, -0.05) is 97.1 Å². The molecule has 0 saturated carbocycles. The van der Waals surface area contributed by atoms with Crippen LogP contribution in [0.2, 0.25) is 0 Å². The Labute approximate surface area is 312 Å². The molecule has 0 fully saturated rings. The molecule has 0 amide bonds.